The van der Waals surface area contributed by atoms with Gasteiger partial charge in [0.05, 0.1) is 22.2 Å². The number of halogens is 1. The molecule has 7 nitrogen and oxygen atoms in total. The Labute approximate surface area is 155 Å². The Morgan fingerprint density at radius 1 is 1.50 bits per heavy atom. The monoisotopic (exact) mass is 372 g/mol. The van der Waals surface area contributed by atoms with Crippen molar-refractivity contribution in [3.05, 3.63) is 40.1 Å². The first kappa shape index (κ1) is 16.7. The Hall–Kier alpha value is -2.80. The van der Waals surface area contributed by atoms with Crippen molar-refractivity contribution in [3.8, 4) is 5.75 Å². The number of aliphatic imine (C=N–C) groups is 2. The number of nitrogens with zero attached hydrogens (tertiary/aromatic N) is 3. The van der Waals surface area contributed by atoms with Gasteiger partial charge in [-0.05, 0) is 31.5 Å². The zero-order valence-electron chi connectivity index (χ0n) is 14.3. The van der Waals surface area contributed by atoms with E-state index in [4.69, 9.17) is 21.0 Å². The smallest absolute Gasteiger partial charge is 0.260 e. The van der Waals surface area contributed by atoms with Crippen LogP contribution in [0.15, 0.2) is 32.6 Å². The molecule has 134 valence electrons. The van der Waals surface area contributed by atoms with Crippen LogP contribution >= 0.6 is 11.6 Å². The van der Waals surface area contributed by atoms with Crippen LogP contribution in [-0.2, 0) is 0 Å². The highest BCUT2D eigenvalue weighted by Crippen LogP contribution is 2.36. The fraction of sp³-hybridized carbons (Fsp3) is 0.278. The summed E-state index contributed by atoms with van der Waals surface area (Å²) in [5.41, 5.74) is 1.49. The molecule has 1 unspecified atom stereocenters. The molecule has 0 bridgehead atoms. The van der Waals surface area contributed by atoms with Crippen LogP contribution in [0.2, 0.25) is 5.02 Å². The van der Waals surface area contributed by atoms with Crippen LogP contribution in [0.25, 0.3) is 0 Å². The molecule has 4 rings (SSSR count). The van der Waals surface area contributed by atoms with Crippen LogP contribution in [0, 0.1) is 6.92 Å². The summed E-state index contributed by atoms with van der Waals surface area (Å²) in [6.07, 6.45) is 2.61. The van der Waals surface area contributed by atoms with E-state index >= 15 is 0 Å². The topological polar surface area (TPSA) is 90.4 Å². The second kappa shape index (κ2) is 6.17. The van der Waals surface area contributed by atoms with Crippen molar-refractivity contribution < 1.29 is 14.3 Å². The summed E-state index contributed by atoms with van der Waals surface area (Å²) in [6.45, 7) is 4.55. The molecule has 1 atom stereocenters. The number of benzene rings is 1. The molecule has 26 heavy (non-hydrogen) atoms. The van der Waals surface area contributed by atoms with E-state index in [1.165, 1.54) is 12.1 Å². The maximum atomic E-state index is 12.9. The van der Waals surface area contributed by atoms with Gasteiger partial charge in [-0.25, -0.2) is 4.99 Å². The summed E-state index contributed by atoms with van der Waals surface area (Å²) in [6, 6.07) is 4.66. The fourth-order valence-electron chi connectivity index (χ4n) is 3.13. The minimum absolute atomic E-state index is 0.0440. The number of carbonyl (C=O) groups is 1. The number of aryl methyl sites for hydroxylation is 1. The van der Waals surface area contributed by atoms with Gasteiger partial charge in [-0.15, -0.1) is 0 Å². The van der Waals surface area contributed by atoms with E-state index in [0.717, 1.165) is 13.0 Å². The highest BCUT2D eigenvalue weighted by molar-refractivity contribution is 6.32. The number of amidine groups is 1. The first-order valence-corrected chi connectivity index (χ1v) is 8.68. The maximum absolute atomic E-state index is 12.9. The molecule has 0 saturated carbocycles. The first-order valence-electron chi connectivity index (χ1n) is 8.30. The minimum Gasteiger partial charge on any atom is -0.506 e. The van der Waals surface area contributed by atoms with Crippen LogP contribution in [0.3, 0.4) is 0 Å². The average Bonchev–Trinajstić information content (AvgIpc) is 3.17. The van der Waals surface area contributed by atoms with Gasteiger partial charge in [-0.3, -0.25) is 9.79 Å². The Kier molecular flexibility index (Phi) is 3.96. The second-order valence-electron chi connectivity index (χ2n) is 6.25. The van der Waals surface area contributed by atoms with E-state index in [1.807, 2.05) is 4.90 Å². The van der Waals surface area contributed by atoms with Gasteiger partial charge in [0.25, 0.3) is 5.91 Å². The van der Waals surface area contributed by atoms with Crippen molar-refractivity contribution in [2.75, 3.05) is 11.9 Å². The van der Waals surface area contributed by atoms with E-state index in [0.29, 0.717) is 34.3 Å². The number of anilines is 1. The number of amides is 1. The van der Waals surface area contributed by atoms with E-state index in [-0.39, 0.29) is 22.7 Å². The standard InChI is InChI=1S/C18H17ClN4O3/c1-3-10-7-23-8-20-18-15(16(23)21-10)14(9(2)26-18)17(25)22-11-4-5-13(24)12(19)6-11/h4-6,8,10,24H,3,7H2,1-2H3,(H,22,25). The lowest BCUT2D eigenvalue weighted by Gasteiger charge is -2.18. The molecule has 1 aromatic heterocycles. The van der Waals surface area contributed by atoms with Gasteiger partial charge in [0.15, 0.2) is 0 Å². The molecule has 2 N–H and O–H groups in total. The lowest BCUT2D eigenvalue weighted by atomic mass is 10.1. The predicted molar refractivity (Wildman–Crippen MR) is 100.0 cm³/mol. The van der Waals surface area contributed by atoms with E-state index in [1.54, 1.807) is 19.3 Å². The molecule has 0 saturated heterocycles. The molecule has 1 amide bonds. The Bertz CT molecular complexity index is 964. The van der Waals surface area contributed by atoms with Crippen LogP contribution in [-0.4, -0.2) is 40.7 Å². The highest BCUT2D eigenvalue weighted by atomic mass is 35.5. The van der Waals surface area contributed by atoms with Crippen LogP contribution in [0.4, 0.5) is 11.6 Å². The molecule has 8 heteroatoms. The summed E-state index contributed by atoms with van der Waals surface area (Å²) < 4.78 is 5.68. The number of nitrogens with one attached hydrogen (secondary N) is 1. The zero-order valence-corrected chi connectivity index (χ0v) is 15.0. The molecular weight excluding hydrogens is 356 g/mol. The lowest BCUT2D eigenvalue weighted by molar-refractivity contribution is 0.102. The molecule has 0 radical (unpaired) electrons. The maximum Gasteiger partial charge on any atom is 0.260 e. The molecule has 0 fully saturated rings. The number of hydrogen-bond acceptors (Lipinski definition) is 6. The minimum atomic E-state index is -0.339. The lowest BCUT2D eigenvalue weighted by Crippen LogP contribution is -2.31. The number of hydrogen-bond donors (Lipinski definition) is 2. The van der Waals surface area contributed by atoms with Gasteiger partial charge < -0.3 is 19.7 Å². The van der Waals surface area contributed by atoms with E-state index in [9.17, 15) is 9.90 Å². The van der Waals surface area contributed by atoms with Crippen molar-refractivity contribution >= 4 is 41.3 Å². The second-order valence-corrected chi connectivity index (χ2v) is 6.65. The highest BCUT2D eigenvalue weighted by Gasteiger charge is 2.35. The number of aromatic hydroxyl groups is 1. The number of carbonyl (C=O) groups excluding carboxylic acids is 1. The third kappa shape index (κ3) is 2.64. The third-order valence-corrected chi connectivity index (χ3v) is 4.79. The fourth-order valence-corrected chi connectivity index (χ4v) is 3.31. The van der Waals surface area contributed by atoms with E-state index in [2.05, 4.69) is 17.2 Å². The van der Waals surface area contributed by atoms with Crippen molar-refractivity contribution in [1.82, 2.24) is 4.90 Å². The molecule has 3 heterocycles. The number of phenolic OH excluding ortho intramolecular Hbond substituents is 1. The number of furan rings is 1. The van der Waals surface area contributed by atoms with Gasteiger partial charge in [0.1, 0.15) is 23.7 Å². The number of rotatable bonds is 3. The molecular formula is C18H17ClN4O3. The summed E-state index contributed by atoms with van der Waals surface area (Å²) >= 11 is 5.91. The third-order valence-electron chi connectivity index (χ3n) is 4.49. The van der Waals surface area contributed by atoms with Crippen molar-refractivity contribution in [1.29, 1.82) is 0 Å². The summed E-state index contributed by atoms with van der Waals surface area (Å²) in [5, 5.41) is 12.5. The number of fused-ring (bicyclic) bond motifs is 3. The van der Waals surface area contributed by atoms with Crippen LogP contribution in [0.1, 0.15) is 35.0 Å². The number of phenols is 1. The van der Waals surface area contributed by atoms with Gasteiger partial charge in [-0.2, -0.15) is 0 Å². The molecule has 2 aromatic rings. The molecule has 2 aliphatic rings. The zero-order chi connectivity index (χ0) is 18.4. The Morgan fingerprint density at radius 3 is 3.04 bits per heavy atom. The van der Waals surface area contributed by atoms with Gasteiger partial charge >= 0.3 is 0 Å². The quantitative estimate of drug-likeness (QED) is 0.803. The van der Waals surface area contributed by atoms with Crippen molar-refractivity contribution in [2.24, 2.45) is 9.98 Å². The normalized spacial score (nSPS) is 17.7. The van der Waals surface area contributed by atoms with Crippen LogP contribution < -0.4 is 5.32 Å². The largest absolute Gasteiger partial charge is 0.506 e. The molecule has 1 aromatic carbocycles. The predicted octanol–water partition coefficient (Wildman–Crippen LogP) is 3.71. The molecule has 0 spiro atoms. The summed E-state index contributed by atoms with van der Waals surface area (Å²) in [5.74, 6) is 1.20. The summed E-state index contributed by atoms with van der Waals surface area (Å²) in [7, 11) is 0. The Morgan fingerprint density at radius 2 is 2.31 bits per heavy atom. The van der Waals surface area contributed by atoms with Gasteiger partial charge in [0, 0.05) is 12.2 Å². The molecule has 2 aliphatic heterocycles. The van der Waals surface area contributed by atoms with E-state index < -0.39 is 0 Å². The van der Waals surface area contributed by atoms with Crippen molar-refractivity contribution in [3.63, 3.8) is 0 Å². The first-order chi connectivity index (χ1) is 12.5. The van der Waals surface area contributed by atoms with Gasteiger partial charge in [0.2, 0.25) is 5.88 Å². The summed E-state index contributed by atoms with van der Waals surface area (Å²) in [4.78, 5) is 23.9. The molecule has 0 aliphatic carbocycles. The SMILES string of the molecule is CCC1CN2C=Nc3oc(C)c(C(=O)Nc4ccc(O)c(Cl)c4)c3C2=N1. The average molecular weight is 373 g/mol. The Balaban J connectivity index is 1.72. The van der Waals surface area contributed by atoms with Crippen LogP contribution in [0.5, 0.6) is 5.75 Å². The van der Waals surface area contributed by atoms with Crippen molar-refractivity contribution in [2.45, 2.75) is 26.3 Å². The van der Waals surface area contributed by atoms with Gasteiger partial charge in [-0.1, -0.05) is 18.5 Å².